The molecule has 0 amide bonds. The first-order valence-corrected chi connectivity index (χ1v) is 8.93. The molecule has 0 radical (unpaired) electrons. The Bertz CT molecular complexity index is 764. The highest BCUT2D eigenvalue weighted by Crippen LogP contribution is 2.16. The molecular formula is C13H19N5O3S. The summed E-state index contributed by atoms with van der Waals surface area (Å²) in [5, 5.41) is 8.24. The number of aryl methyl sites for hydroxylation is 1. The highest BCUT2D eigenvalue weighted by molar-refractivity contribution is 7.88. The van der Waals surface area contributed by atoms with E-state index in [1.54, 1.807) is 0 Å². The molecule has 0 fully saturated rings. The van der Waals surface area contributed by atoms with Crippen molar-refractivity contribution < 1.29 is 12.8 Å². The van der Waals surface area contributed by atoms with Crippen LogP contribution in [0.5, 0.6) is 0 Å². The van der Waals surface area contributed by atoms with E-state index in [1.807, 2.05) is 23.6 Å². The van der Waals surface area contributed by atoms with Crippen molar-refractivity contribution in [1.82, 2.24) is 24.4 Å². The quantitative estimate of drug-likeness (QED) is 0.847. The highest BCUT2D eigenvalue weighted by Gasteiger charge is 2.22. The fourth-order valence-corrected chi connectivity index (χ4v) is 2.91. The van der Waals surface area contributed by atoms with Crippen molar-refractivity contribution in [2.45, 2.75) is 33.1 Å². The number of sulfonamides is 1. The molecule has 0 atom stereocenters. The molecule has 9 heteroatoms. The van der Waals surface area contributed by atoms with E-state index in [0.717, 1.165) is 43.2 Å². The Morgan fingerprint density at radius 3 is 2.82 bits per heavy atom. The lowest BCUT2D eigenvalue weighted by atomic mass is 10.3. The fourth-order valence-electron chi connectivity index (χ4n) is 2.52. The molecule has 1 N–H and O–H groups in total. The number of nitrogens with one attached hydrogen (secondary N) is 1. The van der Waals surface area contributed by atoms with Crippen molar-refractivity contribution in [3.05, 3.63) is 35.3 Å². The van der Waals surface area contributed by atoms with Crippen LogP contribution in [0.3, 0.4) is 0 Å². The second-order valence-electron chi connectivity index (χ2n) is 5.50. The van der Waals surface area contributed by atoms with Gasteiger partial charge in [0.15, 0.2) is 0 Å². The molecule has 1 aliphatic heterocycles. The maximum atomic E-state index is 11.2. The summed E-state index contributed by atoms with van der Waals surface area (Å²) in [7, 11) is -3.23. The van der Waals surface area contributed by atoms with E-state index in [0.29, 0.717) is 12.4 Å². The minimum Gasteiger partial charge on any atom is -0.465 e. The molecule has 0 aliphatic carbocycles. The van der Waals surface area contributed by atoms with Gasteiger partial charge in [0.1, 0.15) is 23.2 Å². The van der Waals surface area contributed by atoms with E-state index in [4.69, 9.17) is 4.42 Å². The molecule has 3 heterocycles. The van der Waals surface area contributed by atoms with Crippen LogP contribution in [0, 0.1) is 6.92 Å². The molecule has 0 saturated carbocycles. The summed E-state index contributed by atoms with van der Waals surface area (Å²) in [6, 6.07) is 3.94. The average molecular weight is 325 g/mol. The van der Waals surface area contributed by atoms with Crippen molar-refractivity contribution in [3.8, 4) is 0 Å². The van der Waals surface area contributed by atoms with Crippen LogP contribution < -0.4 is 4.72 Å². The van der Waals surface area contributed by atoms with E-state index < -0.39 is 10.0 Å². The minimum atomic E-state index is -3.23. The zero-order valence-corrected chi connectivity index (χ0v) is 13.4. The van der Waals surface area contributed by atoms with Gasteiger partial charge in [-0.3, -0.25) is 4.90 Å². The van der Waals surface area contributed by atoms with Crippen molar-refractivity contribution in [2.24, 2.45) is 0 Å². The van der Waals surface area contributed by atoms with Crippen LogP contribution in [-0.2, 0) is 36.2 Å². The van der Waals surface area contributed by atoms with Gasteiger partial charge in [0.25, 0.3) is 0 Å². The van der Waals surface area contributed by atoms with E-state index in [2.05, 4.69) is 19.8 Å². The number of rotatable bonds is 5. The average Bonchev–Trinajstić information content (AvgIpc) is 3.02. The molecule has 3 rings (SSSR count). The zero-order valence-electron chi connectivity index (χ0n) is 12.6. The van der Waals surface area contributed by atoms with Crippen LogP contribution in [0.1, 0.15) is 23.2 Å². The zero-order chi connectivity index (χ0) is 15.7. The second-order valence-corrected chi connectivity index (χ2v) is 7.33. The summed E-state index contributed by atoms with van der Waals surface area (Å²) in [6.07, 6.45) is 1.13. The van der Waals surface area contributed by atoms with Gasteiger partial charge in [0.05, 0.1) is 25.9 Å². The number of hydrogen-bond acceptors (Lipinski definition) is 6. The highest BCUT2D eigenvalue weighted by atomic mass is 32.2. The van der Waals surface area contributed by atoms with E-state index in [-0.39, 0.29) is 6.54 Å². The smallest absolute Gasteiger partial charge is 0.209 e. The topological polar surface area (TPSA) is 93.3 Å². The van der Waals surface area contributed by atoms with Crippen molar-refractivity contribution in [1.29, 1.82) is 0 Å². The summed E-state index contributed by atoms with van der Waals surface area (Å²) in [5.74, 6) is 3.34. The first-order valence-electron chi connectivity index (χ1n) is 7.04. The van der Waals surface area contributed by atoms with Gasteiger partial charge in [-0.1, -0.05) is 0 Å². The molecule has 1 aliphatic rings. The van der Waals surface area contributed by atoms with Gasteiger partial charge in [-0.25, -0.2) is 13.1 Å². The lowest BCUT2D eigenvalue weighted by Gasteiger charge is -2.26. The van der Waals surface area contributed by atoms with E-state index in [1.165, 1.54) is 0 Å². The third-order valence-corrected chi connectivity index (χ3v) is 4.25. The van der Waals surface area contributed by atoms with Crippen molar-refractivity contribution in [2.75, 3.05) is 12.8 Å². The normalized spacial score (nSPS) is 15.9. The van der Waals surface area contributed by atoms with E-state index >= 15 is 0 Å². The monoisotopic (exact) mass is 325 g/mol. The first kappa shape index (κ1) is 15.2. The third-order valence-electron chi connectivity index (χ3n) is 3.58. The Kier molecular flexibility index (Phi) is 4.02. The molecule has 8 nitrogen and oxygen atoms in total. The molecule has 0 bridgehead atoms. The number of aromatic nitrogens is 3. The molecule has 0 spiro atoms. The summed E-state index contributed by atoms with van der Waals surface area (Å²) in [5.41, 5.74) is 0. The van der Waals surface area contributed by atoms with Gasteiger partial charge in [-0.2, -0.15) is 0 Å². The number of fused-ring (bicyclic) bond motifs is 1. The standard InChI is InChI=1S/C13H19N5O3S/c1-10-3-4-11(21-10)8-17-5-6-18-12(7-14-22(2,19)20)15-16-13(18)9-17/h3-4,14H,5-9H2,1-2H3. The molecule has 0 saturated heterocycles. The minimum absolute atomic E-state index is 0.170. The predicted molar refractivity (Wildman–Crippen MR) is 79.3 cm³/mol. The molecule has 2 aromatic heterocycles. The number of nitrogens with zero attached hydrogens (tertiary/aromatic N) is 4. The lowest BCUT2D eigenvalue weighted by Crippen LogP contribution is -2.34. The van der Waals surface area contributed by atoms with Gasteiger partial charge < -0.3 is 8.98 Å². The summed E-state index contributed by atoms with van der Waals surface area (Å²) in [6.45, 7) is 5.09. The Labute approximate surface area is 129 Å². The van der Waals surface area contributed by atoms with Crippen LogP contribution in [-0.4, -0.2) is 40.9 Å². The van der Waals surface area contributed by atoms with Gasteiger partial charge in [-0.05, 0) is 19.1 Å². The molecule has 120 valence electrons. The molecule has 2 aromatic rings. The Morgan fingerprint density at radius 1 is 1.32 bits per heavy atom. The maximum absolute atomic E-state index is 11.2. The lowest BCUT2D eigenvalue weighted by molar-refractivity contribution is 0.191. The molecular weight excluding hydrogens is 306 g/mol. The first-order chi connectivity index (χ1) is 10.4. The fraction of sp³-hybridized carbons (Fsp3) is 0.538. The Hall–Kier alpha value is -1.71. The SMILES string of the molecule is Cc1ccc(CN2CCn3c(CNS(C)(=O)=O)nnc3C2)o1. The third kappa shape index (κ3) is 3.54. The van der Waals surface area contributed by atoms with Gasteiger partial charge >= 0.3 is 0 Å². The molecule has 22 heavy (non-hydrogen) atoms. The van der Waals surface area contributed by atoms with Crippen molar-refractivity contribution in [3.63, 3.8) is 0 Å². The number of furan rings is 1. The van der Waals surface area contributed by atoms with Crippen LogP contribution in [0.25, 0.3) is 0 Å². The second kappa shape index (κ2) is 5.82. The van der Waals surface area contributed by atoms with Gasteiger partial charge in [-0.15, -0.1) is 10.2 Å². The number of hydrogen-bond donors (Lipinski definition) is 1. The largest absolute Gasteiger partial charge is 0.465 e. The molecule has 0 aromatic carbocycles. The Morgan fingerprint density at radius 2 is 2.14 bits per heavy atom. The van der Waals surface area contributed by atoms with Gasteiger partial charge in [0.2, 0.25) is 10.0 Å². The summed E-state index contributed by atoms with van der Waals surface area (Å²) >= 11 is 0. The molecule has 0 unspecified atom stereocenters. The van der Waals surface area contributed by atoms with Crippen LogP contribution >= 0.6 is 0 Å². The summed E-state index contributed by atoms with van der Waals surface area (Å²) in [4.78, 5) is 2.23. The van der Waals surface area contributed by atoms with E-state index in [9.17, 15) is 8.42 Å². The maximum Gasteiger partial charge on any atom is 0.209 e. The van der Waals surface area contributed by atoms with Crippen LogP contribution in [0.4, 0.5) is 0 Å². The predicted octanol–water partition coefficient (Wildman–Crippen LogP) is 0.245. The van der Waals surface area contributed by atoms with Crippen LogP contribution in [0.15, 0.2) is 16.5 Å². The van der Waals surface area contributed by atoms with Crippen molar-refractivity contribution >= 4 is 10.0 Å². The van der Waals surface area contributed by atoms with Crippen LogP contribution in [0.2, 0.25) is 0 Å². The van der Waals surface area contributed by atoms with Gasteiger partial charge in [0, 0.05) is 13.1 Å². The summed E-state index contributed by atoms with van der Waals surface area (Å²) < 4.78 is 32.3. The Balaban J connectivity index is 1.65.